The van der Waals surface area contributed by atoms with E-state index in [1.54, 1.807) is 29.9 Å². The van der Waals surface area contributed by atoms with E-state index in [4.69, 9.17) is 20.8 Å². The van der Waals surface area contributed by atoms with Crippen LogP contribution in [0.2, 0.25) is 5.02 Å². The van der Waals surface area contributed by atoms with E-state index in [1.165, 1.54) is 17.5 Å². The normalized spacial score (nSPS) is 13.5. The van der Waals surface area contributed by atoms with Gasteiger partial charge in [0.05, 0.1) is 29.9 Å². The summed E-state index contributed by atoms with van der Waals surface area (Å²) < 4.78 is 12.6. The van der Waals surface area contributed by atoms with Gasteiger partial charge in [-0.2, -0.15) is 5.10 Å². The maximum Gasteiger partial charge on any atom is 0.341 e. The lowest BCUT2D eigenvalue weighted by Crippen LogP contribution is -2.15. The van der Waals surface area contributed by atoms with Crippen LogP contribution in [0.25, 0.3) is 0 Å². The molecule has 9 heteroatoms. The largest absolute Gasteiger partial charge is 0.462 e. The van der Waals surface area contributed by atoms with Gasteiger partial charge < -0.3 is 14.5 Å². The van der Waals surface area contributed by atoms with Crippen LogP contribution in [0.4, 0.5) is 5.00 Å². The Morgan fingerprint density at radius 2 is 2.13 bits per heavy atom. The summed E-state index contributed by atoms with van der Waals surface area (Å²) in [4.78, 5) is 26.6. The Morgan fingerprint density at radius 1 is 1.30 bits per heavy atom. The van der Waals surface area contributed by atoms with Crippen molar-refractivity contribution in [1.82, 2.24) is 9.78 Å². The summed E-state index contributed by atoms with van der Waals surface area (Å²) in [6, 6.07) is 3.33. The fourth-order valence-electron chi connectivity index (χ4n) is 3.58. The standard InChI is InChI=1S/C21H22ClN3O4S/c1-2-28-21(27)18-15-6-4-3-5-7-17(15)30-20(18)24-19(26)16-9-8-14(29-16)12-25-11-13(22)10-23-25/h8-11H,2-7,12H2,1H3,(H,24,26). The summed E-state index contributed by atoms with van der Waals surface area (Å²) >= 11 is 7.34. The average Bonchev–Trinajstić information content (AvgIpc) is 3.38. The molecule has 0 aromatic carbocycles. The first-order valence-corrected chi connectivity index (χ1v) is 11.1. The third kappa shape index (κ3) is 4.44. The minimum atomic E-state index is -0.401. The molecule has 158 valence electrons. The predicted octanol–water partition coefficient (Wildman–Crippen LogP) is 4.94. The molecule has 0 spiro atoms. The number of fused-ring (bicyclic) bond motifs is 1. The van der Waals surface area contributed by atoms with Crippen molar-refractivity contribution < 1.29 is 18.7 Å². The summed E-state index contributed by atoms with van der Waals surface area (Å²) in [7, 11) is 0. The van der Waals surface area contributed by atoms with Gasteiger partial charge in [0, 0.05) is 11.1 Å². The molecule has 3 heterocycles. The molecule has 3 aromatic rings. The molecular formula is C21H22ClN3O4S. The Kier molecular flexibility index (Phi) is 6.24. The maximum absolute atomic E-state index is 12.8. The van der Waals surface area contributed by atoms with Gasteiger partial charge in [-0.3, -0.25) is 9.48 Å². The van der Waals surface area contributed by atoms with E-state index in [-0.39, 0.29) is 18.3 Å². The number of hydrogen-bond acceptors (Lipinski definition) is 6. The van der Waals surface area contributed by atoms with Crippen molar-refractivity contribution in [2.75, 3.05) is 11.9 Å². The molecule has 0 atom stereocenters. The fraction of sp³-hybridized carbons (Fsp3) is 0.381. The van der Waals surface area contributed by atoms with Gasteiger partial charge >= 0.3 is 5.97 Å². The predicted molar refractivity (Wildman–Crippen MR) is 115 cm³/mol. The van der Waals surface area contributed by atoms with Crippen LogP contribution < -0.4 is 5.32 Å². The lowest BCUT2D eigenvalue weighted by atomic mass is 10.1. The third-order valence-electron chi connectivity index (χ3n) is 4.93. The number of hydrogen-bond donors (Lipinski definition) is 1. The van der Waals surface area contributed by atoms with Gasteiger partial charge in [-0.05, 0) is 50.3 Å². The van der Waals surface area contributed by atoms with Crippen molar-refractivity contribution in [2.24, 2.45) is 0 Å². The van der Waals surface area contributed by atoms with Crippen LogP contribution in [0, 0.1) is 0 Å². The molecule has 4 rings (SSSR count). The number of thiophene rings is 1. The number of ether oxygens (including phenoxy) is 1. The van der Waals surface area contributed by atoms with Crippen LogP contribution in [0.3, 0.4) is 0 Å². The Bertz CT molecular complexity index is 1070. The topological polar surface area (TPSA) is 86.4 Å². The maximum atomic E-state index is 12.8. The van der Waals surface area contributed by atoms with E-state index < -0.39 is 5.91 Å². The zero-order valence-corrected chi connectivity index (χ0v) is 18.1. The number of furan rings is 1. The molecule has 1 aliphatic carbocycles. The summed E-state index contributed by atoms with van der Waals surface area (Å²) in [5, 5.41) is 8.03. The zero-order chi connectivity index (χ0) is 21.1. The lowest BCUT2D eigenvalue weighted by Gasteiger charge is -2.07. The summed E-state index contributed by atoms with van der Waals surface area (Å²) in [6.07, 6.45) is 8.21. The van der Waals surface area contributed by atoms with Gasteiger partial charge in [-0.1, -0.05) is 18.0 Å². The van der Waals surface area contributed by atoms with Crippen molar-refractivity contribution in [1.29, 1.82) is 0 Å². The number of esters is 1. The minimum absolute atomic E-state index is 0.168. The molecule has 0 fully saturated rings. The third-order valence-corrected chi connectivity index (χ3v) is 6.34. The van der Waals surface area contributed by atoms with Crippen LogP contribution in [0.1, 0.15) is 63.3 Å². The molecule has 0 radical (unpaired) electrons. The quantitative estimate of drug-likeness (QED) is 0.427. The average molecular weight is 448 g/mol. The minimum Gasteiger partial charge on any atom is -0.462 e. The number of anilines is 1. The van der Waals surface area contributed by atoms with Crippen molar-refractivity contribution in [3.63, 3.8) is 0 Å². The van der Waals surface area contributed by atoms with E-state index in [0.29, 0.717) is 27.9 Å². The Labute approximate surface area is 183 Å². The van der Waals surface area contributed by atoms with Gasteiger partial charge in [-0.15, -0.1) is 11.3 Å². The molecule has 0 bridgehead atoms. The van der Waals surface area contributed by atoms with E-state index in [9.17, 15) is 9.59 Å². The SMILES string of the molecule is CCOC(=O)c1c(NC(=O)c2ccc(Cn3cc(Cl)cn3)o2)sc2c1CCCCC2. The molecule has 30 heavy (non-hydrogen) atoms. The molecule has 0 saturated heterocycles. The highest BCUT2D eigenvalue weighted by Crippen LogP contribution is 2.38. The second-order valence-corrected chi connectivity index (χ2v) is 8.61. The van der Waals surface area contributed by atoms with Crippen LogP contribution in [0.15, 0.2) is 28.9 Å². The number of aromatic nitrogens is 2. The van der Waals surface area contributed by atoms with E-state index in [0.717, 1.165) is 42.5 Å². The van der Waals surface area contributed by atoms with Crippen molar-refractivity contribution in [3.05, 3.63) is 57.1 Å². The summed E-state index contributed by atoms with van der Waals surface area (Å²) in [5.41, 5.74) is 1.51. The van der Waals surface area contributed by atoms with Gasteiger partial charge in [-0.25, -0.2) is 4.79 Å². The molecule has 1 amide bonds. The van der Waals surface area contributed by atoms with Crippen molar-refractivity contribution >= 4 is 39.8 Å². The Morgan fingerprint density at radius 3 is 2.90 bits per heavy atom. The van der Waals surface area contributed by atoms with Crippen LogP contribution >= 0.6 is 22.9 Å². The van der Waals surface area contributed by atoms with Crippen LogP contribution in [0.5, 0.6) is 0 Å². The number of rotatable bonds is 6. The van der Waals surface area contributed by atoms with Crippen LogP contribution in [-0.4, -0.2) is 28.3 Å². The highest BCUT2D eigenvalue weighted by atomic mass is 35.5. The first-order chi connectivity index (χ1) is 14.5. The number of halogens is 1. The zero-order valence-electron chi connectivity index (χ0n) is 16.6. The van der Waals surface area contributed by atoms with Gasteiger partial charge in [0.15, 0.2) is 5.76 Å². The van der Waals surface area contributed by atoms with Crippen molar-refractivity contribution in [3.8, 4) is 0 Å². The highest BCUT2D eigenvalue weighted by molar-refractivity contribution is 7.17. The Balaban J connectivity index is 1.55. The van der Waals surface area contributed by atoms with Crippen molar-refractivity contribution in [2.45, 2.75) is 45.6 Å². The first kappa shape index (κ1) is 20.7. The number of nitrogens with one attached hydrogen (secondary N) is 1. The van der Waals surface area contributed by atoms with Gasteiger partial charge in [0.2, 0.25) is 0 Å². The fourth-order valence-corrected chi connectivity index (χ4v) is 5.01. The molecule has 1 N–H and O–H groups in total. The number of amides is 1. The lowest BCUT2D eigenvalue weighted by molar-refractivity contribution is 0.0527. The number of aryl methyl sites for hydroxylation is 1. The highest BCUT2D eigenvalue weighted by Gasteiger charge is 2.27. The van der Waals surface area contributed by atoms with E-state index in [2.05, 4.69) is 10.4 Å². The molecule has 7 nitrogen and oxygen atoms in total. The number of carbonyl (C=O) groups is 2. The summed E-state index contributed by atoms with van der Waals surface area (Å²) in [6.45, 7) is 2.43. The Hall–Kier alpha value is -2.58. The van der Waals surface area contributed by atoms with E-state index in [1.807, 2.05) is 0 Å². The number of nitrogens with zero attached hydrogens (tertiary/aromatic N) is 2. The van der Waals surface area contributed by atoms with E-state index >= 15 is 0 Å². The van der Waals surface area contributed by atoms with Gasteiger partial charge in [0.1, 0.15) is 10.8 Å². The van der Waals surface area contributed by atoms with Gasteiger partial charge in [0.25, 0.3) is 5.91 Å². The number of carbonyl (C=O) groups excluding carboxylic acids is 2. The molecule has 0 saturated carbocycles. The molecule has 0 unspecified atom stereocenters. The molecule has 0 aliphatic heterocycles. The summed E-state index contributed by atoms with van der Waals surface area (Å²) in [5.74, 6) is -0.0428. The second-order valence-electron chi connectivity index (χ2n) is 7.07. The smallest absolute Gasteiger partial charge is 0.341 e. The van der Waals surface area contributed by atoms with Crippen LogP contribution in [-0.2, 0) is 24.1 Å². The molecule has 1 aliphatic rings. The second kappa shape index (κ2) is 9.06. The molecule has 3 aromatic heterocycles. The first-order valence-electron chi connectivity index (χ1n) is 9.94. The molecular weight excluding hydrogens is 426 g/mol. The monoisotopic (exact) mass is 447 g/mol.